The molecule has 0 amide bonds. The third-order valence-electron chi connectivity index (χ3n) is 2.09. The fourth-order valence-electron chi connectivity index (χ4n) is 1.39. The van der Waals surface area contributed by atoms with Gasteiger partial charge in [0.1, 0.15) is 11.5 Å². The second kappa shape index (κ2) is 4.29. The zero-order chi connectivity index (χ0) is 11.4. The minimum atomic E-state index is 0.136. The Bertz CT molecular complexity index is 554. The summed E-state index contributed by atoms with van der Waals surface area (Å²) in [4.78, 5) is 13.5. The molecule has 0 aliphatic carbocycles. The van der Waals surface area contributed by atoms with Crippen molar-refractivity contribution >= 4 is 12.1 Å². The van der Waals surface area contributed by atoms with Crippen LogP contribution in [0.2, 0.25) is 0 Å². The van der Waals surface area contributed by atoms with E-state index in [9.17, 15) is 4.79 Å². The lowest BCUT2D eigenvalue weighted by Gasteiger charge is -1.96. The summed E-state index contributed by atoms with van der Waals surface area (Å²) in [6, 6.07) is 9.19. The number of aromatic nitrogens is 2. The van der Waals surface area contributed by atoms with Gasteiger partial charge in [-0.2, -0.15) is 5.10 Å². The van der Waals surface area contributed by atoms with Crippen LogP contribution in [-0.2, 0) is 0 Å². The molecule has 0 saturated heterocycles. The molecule has 0 atom stereocenters. The number of benzene rings is 1. The smallest absolute Gasteiger partial charge is 0.154 e. The SMILES string of the molecule is [N-]=[N+]=Nc1[nH]nc(-c2ccccc2)c1C=O. The Morgan fingerprint density at radius 3 is 2.75 bits per heavy atom. The van der Waals surface area contributed by atoms with Crippen molar-refractivity contribution in [2.75, 3.05) is 0 Å². The Morgan fingerprint density at radius 2 is 2.12 bits per heavy atom. The van der Waals surface area contributed by atoms with Crippen LogP contribution in [-0.4, -0.2) is 16.5 Å². The van der Waals surface area contributed by atoms with Crippen LogP contribution < -0.4 is 0 Å². The number of aldehydes is 1. The van der Waals surface area contributed by atoms with Crippen molar-refractivity contribution in [3.63, 3.8) is 0 Å². The second-order valence-electron chi connectivity index (χ2n) is 3.01. The maximum atomic E-state index is 10.9. The molecule has 1 heterocycles. The molecule has 1 aromatic heterocycles. The largest absolute Gasteiger partial charge is 0.298 e. The molecule has 0 aliphatic heterocycles. The quantitative estimate of drug-likeness (QED) is 0.367. The van der Waals surface area contributed by atoms with Gasteiger partial charge >= 0.3 is 0 Å². The number of azide groups is 1. The van der Waals surface area contributed by atoms with Crippen LogP contribution in [0.1, 0.15) is 10.4 Å². The first-order valence-electron chi connectivity index (χ1n) is 4.51. The third kappa shape index (κ3) is 1.65. The highest BCUT2D eigenvalue weighted by molar-refractivity contribution is 5.91. The first-order valence-corrected chi connectivity index (χ1v) is 4.51. The monoisotopic (exact) mass is 213 g/mol. The molecule has 2 aromatic rings. The van der Waals surface area contributed by atoms with Crippen LogP contribution in [0.4, 0.5) is 5.82 Å². The zero-order valence-electron chi connectivity index (χ0n) is 8.16. The maximum Gasteiger partial charge on any atom is 0.154 e. The van der Waals surface area contributed by atoms with E-state index < -0.39 is 0 Å². The molecule has 0 radical (unpaired) electrons. The Balaban J connectivity index is 2.58. The topological polar surface area (TPSA) is 94.5 Å². The summed E-state index contributed by atoms with van der Waals surface area (Å²) in [5.41, 5.74) is 9.86. The summed E-state index contributed by atoms with van der Waals surface area (Å²) >= 11 is 0. The van der Waals surface area contributed by atoms with Gasteiger partial charge in [0, 0.05) is 10.5 Å². The fourth-order valence-corrected chi connectivity index (χ4v) is 1.39. The van der Waals surface area contributed by atoms with E-state index in [1.807, 2.05) is 30.3 Å². The van der Waals surface area contributed by atoms with Crippen molar-refractivity contribution in [1.82, 2.24) is 10.2 Å². The Labute approximate surface area is 90.5 Å². The Hall–Kier alpha value is -2.59. The van der Waals surface area contributed by atoms with E-state index in [0.29, 0.717) is 12.0 Å². The van der Waals surface area contributed by atoms with Crippen molar-refractivity contribution in [1.29, 1.82) is 0 Å². The Morgan fingerprint density at radius 1 is 1.38 bits per heavy atom. The van der Waals surface area contributed by atoms with E-state index in [2.05, 4.69) is 20.2 Å². The van der Waals surface area contributed by atoms with Crippen molar-refractivity contribution in [2.24, 2.45) is 5.11 Å². The van der Waals surface area contributed by atoms with E-state index in [4.69, 9.17) is 5.53 Å². The van der Waals surface area contributed by atoms with Gasteiger partial charge in [-0.25, -0.2) is 0 Å². The second-order valence-corrected chi connectivity index (χ2v) is 3.01. The normalized spacial score (nSPS) is 9.50. The van der Waals surface area contributed by atoms with Gasteiger partial charge in [0.2, 0.25) is 0 Å². The molecule has 6 heteroatoms. The number of carbonyl (C=O) groups excluding carboxylic acids is 1. The van der Waals surface area contributed by atoms with Crippen LogP contribution in [0, 0.1) is 0 Å². The number of aromatic amines is 1. The molecule has 0 saturated carbocycles. The molecule has 2 rings (SSSR count). The van der Waals surface area contributed by atoms with Crippen LogP contribution in [0.3, 0.4) is 0 Å². The number of nitrogens with zero attached hydrogens (tertiary/aromatic N) is 4. The van der Waals surface area contributed by atoms with Crippen LogP contribution >= 0.6 is 0 Å². The molecule has 16 heavy (non-hydrogen) atoms. The van der Waals surface area contributed by atoms with E-state index >= 15 is 0 Å². The molecule has 0 bridgehead atoms. The minimum absolute atomic E-state index is 0.136. The van der Waals surface area contributed by atoms with Crippen LogP contribution in [0.15, 0.2) is 35.4 Å². The molecule has 0 fully saturated rings. The zero-order valence-corrected chi connectivity index (χ0v) is 8.16. The number of nitrogens with one attached hydrogen (secondary N) is 1. The van der Waals surface area contributed by atoms with Crippen molar-refractivity contribution in [3.05, 3.63) is 46.3 Å². The van der Waals surface area contributed by atoms with E-state index in [0.717, 1.165) is 5.56 Å². The van der Waals surface area contributed by atoms with Crippen molar-refractivity contribution in [2.45, 2.75) is 0 Å². The van der Waals surface area contributed by atoms with E-state index in [1.54, 1.807) is 0 Å². The fraction of sp³-hybridized carbons (Fsp3) is 0. The lowest BCUT2D eigenvalue weighted by atomic mass is 10.1. The van der Waals surface area contributed by atoms with E-state index in [1.165, 1.54) is 0 Å². The summed E-state index contributed by atoms with van der Waals surface area (Å²) in [5, 5.41) is 9.83. The molecule has 78 valence electrons. The predicted molar refractivity (Wildman–Crippen MR) is 58.2 cm³/mol. The van der Waals surface area contributed by atoms with E-state index in [-0.39, 0.29) is 11.4 Å². The van der Waals surface area contributed by atoms with Gasteiger partial charge in [-0.3, -0.25) is 9.89 Å². The molecule has 0 aliphatic rings. The van der Waals surface area contributed by atoms with Gasteiger partial charge in [0.15, 0.2) is 6.29 Å². The number of rotatable bonds is 3. The summed E-state index contributed by atoms with van der Waals surface area (Å²) in [6.45, 7) is 0. The van der Waals surface area contributed by atoms with Gasteiger partial charge < -0.3 is 0 Å². The van der Waals surface area contributed by atoms with Gasteiger partial charge in [-0.1, -0.05) is 30.3 Å². The van der Waals surface area contributed by atoms with Gasteiger partial charge in [0.25, 0.3) is 0 Å². The molecule has 0 spiro atoms. The molecular weight excluding hydrogens is 206 g/mol. The van der Waals surface area contributed by atoms with Crippen molar-refractivity contribution < 1.29 is 4.79 Å². The lowest BCUT2D eigenvalue weighted by Crippen LogP contribution is -1.83. The van der Waals surface area contributed by atoms with Crippen LogP contribution in [0.25, 0.3) is 21.7 Å². The number of H-pyrrole nitrogens is 1. The molecule has 0 unspecified atom stereocenters. The van der Waals surface area contributed by atoms with Gasteiger partial charge in [-0.05, 0) is 10.6 Å². The van der Waals surface area contributed by atoms with Crippen LogP contribution in [0.5, 0.6) is 0 Å². The average molecular weight is 213 g/mol. The average Bonchev–Trinajstić information content (AvgIpc) is 2.73. The molecule has 1 N–H and O–H groups in total. The highest BCUT2D eigenvalue weighted by Gasteiger charge is 2.12. The van der Waals surface area contributed by atoms with Gasteiger partial charge in [-0.15, -0.1) is 0 Å². The number of hydrogen-bond donors (Lipinski definition) is 1. The summed E-state index contributed by atoms with van der Waals surface area (Å²) in [7, 11) is 0. The molecular formula is C10H7N5O. The highest BCUT2D eigenvalue weighted by Crippen LogP contribution is 2.26. The summed E-state index contributed by atoms with van der Waals surface area (Å²) in [5.74, 6) is 0.136. The first-order chi connectivity index (χ1) is 7.86. The summed E-state index contributed by atoms with van der Waals surface area (Å²) in [6.07, 6.45) is 0.621. The molecule has 6 nitrogen and oxygen atoms in total. The highest BCUT2D eigenvalue weighted by atomic mass is 16.1. The van der Waals surface area contributed by atoms with Gasteiger partial charge in [0.05, 0.1) is 5.56 Å². The van der Waals surface area contributed by atoms with Crippen molar-refractivity contribution in [3.8, 4) is 11.3 Å². The predicted octanol–water partition coefficient (Wildman–Crippen LogP) is 2.83. The molecule has 1 aromatic carbocycles. The standard InChI is InChI=1S/C10H7N5O/c11-15-14-10-8(6-16)9(12-13-10)7-4-2-1-3-5-7/h1-6H,(H,12,13). The number of hydrogen-bond acceptors (Lipinski definition) is 3. The Kier molecular flexibility index (Phi) is 2.67. The lowest BCUT2D eigenvalue weighted by molar-refractivity contribution is 0.112. The summed E-state index contributed by atoms with van der Waals surface area (Å²) < 4.78 is 0. The third-order valence-corrected chi connectivity index (χ3v) is 2.09. The first kappa shape index (κ1) is 9.95. The minimum Gasteiger partial charge on any atom is -0.298 e. The number of carbonyl (C=O) groups is 1. The maximum absolute atomic E-state index is 10.9.